The molecule has 30 heavy (non-hydrogen) atoms. The second-order valence-electron chi connectivity index (χ2n) is 7.78. The molecule has 1 atom stereocenters. The zero-order valence-electron chi connectivity index (χ0n) is 17.3. The van der Waals surface area contributed by atoms with Gasteiger partial charge in [-0.25, -0.2) is 12.8 Å². The summed E-state index contributed by atoms with van der Waals surface area (Å²) in [6, 6.07) is 4.04. The number of carbonyl (C=O) groups excluding carboxylic acids is 1. The first-order chi connectivity index (χ1) is 13.5. The van der Waals surface area contributed by atoms with Crippen molar-refractivity contribution in [2.75, 3.05) is 31.6 Å². The number of guanidine groups is 1. The minimum atomic E-state index is -3.02. The molecule has 7 nitrogen and oxygen atoms in total. The number of nitrogens with zero attached hydrogens (tertiary/aromatic N) is 1. The maximum Gasteiger partial charge on any atom is 0.222 e. The molecule has 0 bridgehead atoms. The normalized spacial score (nSPS) is 18.4. The number of halogens is 3. The van der Waals surface area contributed by atoms with Crippen LogP contribution < -0.4 is 16.0 Å². The van der Waals surface area contributed by atoms with Crippen LogP contribution in [0.3, 0.4) is 0 Å². The van der Waals surface area contributed by atoms with Crippen molar-refractivity contribution in [2.24, 2.45) is 4.99 Å². The lowest BCUT2D eigenvalue weighted by molar-refractivity contribution is -0.121. The summed E-state index contributed by atoms with van der Waals surface area (Å²) in [5, 5.41) is 9.36. The van der Waals surface area contributed by atoms with Gasteiger partial charge in [0.1, 0.15) is 5.82 Å². The van der Waals surface area contributed by atoms with Crippen LogP contribution in [0.15, 0.2) is 23.2 Å². The Morgan fingerprint density at radius 1 is 1.33 bits per heavy atom. The van der Waals surface area contributed by atoms with Gasteiger partial charge in [0.25, 0.3) is 0 Å². The summed E-state index contributed by atoms with van der Waals surface area (Å²) in [5.74, 6) is 0.0753. The zero-order chi connectivity index (χ0) is 21.7. The summed E-state index contributed by atoms with van der Waals surface area (Å²) in [4.78, 5) is 16.1. The van der Waals surface area contributed by atoms with Gasteiger partial charge in [0.15, 0.2) is 15.8 Å². The highest BCUT2D eigenvalue weighted by molar-refractivity contribution is 14.0. The van der Waals surface area contributed by atoms with Crippen molar-refractivity contribution < 1.29 is 17.6 Å². The second-order valence-corrected chi connectivity index (χ2v) is 10.4. The molecule has 1 amide bonds. The van der Waals surface area contributed by atoms with E-state index in [1.165, 1.54) is 12.1 Å². The van der Waals surface area contributed by atoms with E-state index in [0.717, 1.165) is 5.56 Å². The summed E-state index contributed by atoms with van der Waals surface area (Å²) >= 11 is 6.17. The van der Waals surface area contributed by atoms with Crippen molar-refractivity contribution in [3.8, 4) is 0 Å². The van der Waals surface area contributed by atoms with Crippen LogP contribution in [0.25, 0.3) is 0 Å². The number of carbonyl (C=O) groups is 1. The molecule has 1 heterocycles. The lowest BCUT2D eigenvalue weighted by atomic mass is 9.84. The first-order valence-corrected chi connectivity index (χ1v) is 11.6. The number of sulfone groups is 1. The number of hydrogen-bond donors (Lipinski definition) is 3. The third-order valence-electron chi connectivity index (χ3n) is 4.82. The molecule has 1 aromatic rings. The molecule has 2 rings (SSSR count). The van der Waals surface area contributed by atoms with Gasteiger partial charge in [-0.2, -0.15) is 0 Å². The largest absolute Gasteiger partial charge is 0.356 e. The molecule has 1 unspecified atom stereocenters. The summed E-state index contributed by atoms with van der Waals surface area (Å²) < 4.78 is 36.2. The standard InChI is InChI=1S/C19H28ClFN4O3S.HI/c1-19(2,15-5-4-13(21)10-16(15)20)12-24-18(22-3)23-8-6-17(26)25-14-7-9-29(27,28)11-14;/h4-5,10,14H,6-9,11-12H2,1-3H3,(H,25,26)(H2,22,23,24);1H. The van der Waals surface area contributed by atoms with Crippen LogP contribution in [-0.4, -0.2) is 58.0 Å². The van der Waals surface area contributed by atoms with E-state index in [2.05, 4.69) is 20.9 Å². The predicted octanol–water partition coefficient (Wildman–Crippen LogP) is 2.23. The number of hydrogen-bond acceptors (Lipinski definition) is 4. The zero-order valence-corrected chi connectivity index (χ0v) is 21.2. The molecular formula is C19H29ClFIN4O3S. The molecule has 0 saturated carbocycles. The van der Waals surface area contributed by atoms with Crippen LogP contribution >= 0.6 is 35.6 Å². The van der Waals surface area contributed by atoms with Gasteiger partial charge >= 0.3 is 0 Å². The van der Waals surface area contributed by atoms with E-state index in [0.29, 0.717) is 30.5 Å². The van der Waals surface area contributed by atoms with E-state index in [-0.39, 0.29) is 65.1 Å². The highest BCUT2D eigenvalue weighted by Gasteiger charge is 2.28. The van der Waals surface area contributed by atoms with Crippen LogP contribution in [0.1, 0.15) is 32.3 Å². The van der Waals surface area contributed by atoms with Gasteiger partial charge in [-0.1, -0.05) is 31.5 Å². The summed E-state index contributed by atoms with van der Waals surface area (Å²) in [6.07, 6.45) is 0.663. The van der Waals surface area contributed by atoms with E-state index >= 15 is 0 Å². The maximum atomic E-state index is 13.3. The van der Waals surface area contributed by atoms with Gasteiger partial charge in [0.05, 0.1) is 11.5 Å². The molecule has 1 fully saturated rings. The number of amides is 1. The molecule has 3 N–H and O–H groups in total. The topological polar surface area (TPSA) is 99.7 Å². The van der Waals surface area contributed by atoms with Crippen molar-refractivity contribution in [1.82, 2.24) is 16.0 Å². The predicted molar refractivity (Wildman–Crippen MR) is 129 cm³/mol. The minimum absolute atomic E-state index is 0. The van der Waals surface area contributed by atoms with Gasteiger partial charge in [-0.15, -0.1) is 24.0 Å². The first kappa shape index (κ1) is 26.9. The molecule has 1 aliphatic heterocycles. The number of benzene rings is 1. The van der Waals surface area contributed by atoms with Crippen molar-refractivity contribution in [1.29, 1.82) is 0 Å². The lowest BCUT2D eigenvalue weighted by Crippen LogP contribution is -2.45. The Labute approximate surface area is 199 Å². The van der Waals surface area contributed by atoms with Gasteiger partial charge in [-0.3, -0.25) is 9.79 Å². The van der Waals surface area contributed by atoms with Crippen molar-refractivity contribution in [3.05, 3.63) is 34.6 Å². The highest BCUT2D eigenvalue weighted by Crippen LogP contribution is 2.29. The minimum Gasteiger partial charge on any atom is -0.356 e. The first-order valence-electron chi connectivity index (χ1n) is 9.42. The Kier molecular flexibility index (Phi) is 10.3. The molecule has 1 aromatic carbocycles. The van der Waals surface area contributed by atoms with Crippen molar-refractivity contribution in [3.63, 3.8) is 0 Å². The van der Waals surface area contributed by atoms with Crippen molar-refractivity contribution >= 4 is 57.3 Å². The van der Waals surface area contributed by atoms with E-state index in [9.17, 15) is 17.6 Å². The van der Waals surface area contributed by atoms with E-state index in [4.69, 9.17) is 11.6 Å². The number of aliphatic imine (C=N–C) groups is 1. The smallest absolute Gasteiger partial charge is 0.222 e. The Morgan fingerprint density at radius 3 is 2.60 bits per heavy atom. The number of rotatable bonds is 7. The Bertz CT molecular complexity index is 881. The van der Waals surface area contributed by atoms with Crippen LogP contribution in [0.5, 0.6) is 0 Å². The molecule has 1 aliphatic rings. The fourth-order valence-electron chi connectivity index (χ4n) is 3.16. The Morgan fingerprint density at radius 2 is 2.03 bits per heavy atom. The second kappa shape index (κ2) is 11.5. The van der Waals surface area contributed by atoms with Gasteiger partial charge in [0.2, 0.25) is 5.91 Å². The Balaban J connectivity index is 0.00000450. The maximum absolute atomic E-state index is 13.3. The van der Waals surface area contributed by atoms with Gasteiger partial charge < -0.3 is 16.0 Å². The van der Waals surface area contributed by atoms with Gasteiger partial charge in [-0.05, 0) is 24.1 Å². The third kappa shape index (κ3) is 8.18. The molecule has 0 radical (unpaired) electrons. The fourth-order valence-corrected chi connectivity index (χ4v) is 5.26. The van der Waals surface area contributed by atoms with Crippen LogP contribution in [0.2, 0.25) is 5.02 Å². The van der Waals surface area contributed by atoms with Crippen molar-refractivity contribution in [2.45, 2.75) is 38.1 Å². The summed E-state index contributed by atoms with van der Waals surface area (Å²) in [6.45, 7) is 4.80. The molecule has 1 saturated heterocycles. The van der Waals surface area contributed by atoms with E-state index < -0.39 is 9.84 Å². The third-order valence-corrected chi connectivity index (χ3v) is 6.90. The SMILES string of the molecule is CN=C(NCCC(=O)NC1CCS(=O)(=O)C1)NCC(C)(C)c1ccc(F)cc1Cl.I. The van der Waals surface area contributed by atoms with E-state index in [1.807, 2.05) is 13.8 Å². The average Bonchev–Trinajstić information content (AvgIpc) is 2.95. The average molecular weight is 575 g/mol. The molecule has 170 valence electrons. The molecule has 0 aromatic heterocycles. The van der Waals surface area contributed by atoms with Crippen LogP contribution in [-0.2, 0) is 20.0 Å². The quantitative estimate of drug-likeness (QED) is 0.264. The molecule has 0 aliphatic carbocycles. The summed E-state index contributed by atoms with van der Waals surface area (Å²) in [7, 11) is -1.40. The monoisotopic (exact) mass is 574 g/mol. The highest BCUT2D eigenvalue weighted by atomic mass is 127. The van der Waals surface area contributed by atoms with Crippen LogP contribution in [0.4, 0.5) is 4.39 Å². The molecule has 11 heteroatoms. The lowest BCUT2D eigenvalue weighted by Gasteiger charge is -2.27. The Hall–Kier alpha value is -1.14. The van der Waals surface area contributed by atoms with Crippen LogP contribution in [0, 0.1) is 5.82 Å². The molecular weight excluding hydrogens is 546 g/mol. The fraction of sp³-hybridized carbons (Fsp3) is 0.579. The molecule has 0 spiro atoms. The van der Waals surface area contributed by atoms with Gasteiger partial charge in [0, 0.05) is 43.0 Å². The van der Waals surface area contributed by atoms with E-state index in [1.54, 1.807) is 13.1 Å². The summed E-state index contributed by atoms with van der Waals surface area (Å²) in [5.41, 5.74) is 0.433. The number of nitrogens with one attached hydrogen (secondary N) is 3.